The second-order valence-corrected chi connectivity index (χ2v) is 4.31. The first-order chi connectivity index (χ1) is 8.59. The molecule has 0 fully saturated rings. The average molecular weight is 247 g/mol. The van der Waals surface area contributed by atoms with Crippen LogP contribution in [0.3, 0.4) is 0 Å². The Hall–Kier alpha value is -1.81. The third kappa shape index (κ3) is 2.54. The number of aliphatic hydroxyl groups excluding tert-OH is 1. The van der Waals surface area contributed by atoms with Crippen molar-refractivity contribution in [2.45, 2.75) is 33.5 Å². The fourth-order valence-corrected chi connectivity index (χ4v) is 1.81. The van der Waals surface area contributed by atoms with E-state index in [4.69, 9.17) is 9.26 Å². The Balaban J connectivity index is 2.16. The molecule has 1 aromatic heterocycles. The number of rotatable bonds is 4. The van der Waals surface area contributed by atoms with E-state index < -0.39 is 6.10 Å². The SMILES string of the molecule is Cc1noc(C)c1COc1ccccc1[C@@H](C)O. The van der Waals surface area contributed by atoms with Crippen molar-refractivity contribution in [2.75, 3.05) is 0 Å². The van der Waals surface area contributed by atoms with E-state index in [1.165, 1.54) is 0 Å². The minimum Gasteiger partial charge on any atom is -0.488 e. The van der Waals surface area contributed by atoms with Crippen molar-refractivity contribution in [1.29, 1.82) is 0 Å². The smallest absolute Gasteiger partial charge is 0.140 e. The largest absolute Gasteiger partial charge is 0.488 e. The molecule has 4 nitrogen and oxygen atoms in total. The lowest BCUT2D eigenvalue weighted by atomic mass is 10.1. The molecule has 1 aromatic carbocycles. The topological polar surface area (TPSA) is 55.5 Å². The van der Waals surface area contributed by atoms with Crippen molar-refractivity contribution in [2.24, 2.45) is 0 Å². The highest BCUT2D eigenvalue weighted by atomic mass is 16.5. The van der Waals surface area contributed by atoms with Gasteiger partial charge in [-0.2, -0.15) is 0 Å². The van der Waals surface area contributed by atoms with Crippen molar-refractivity contribution in [3.8, 4) is 5.75 Å². The monoisotopic (exact) mass is 247 g/mol. The molecule has 0 aliphatic carbocycles. The number of aryl methyl sites for hydroxylation is 2. The highest BCUT2D eigenvalue weighted by Gasteiger charge is 2.12. The molecule has 2 aromatic rings. The maximum absolute atomic E-state index is 9.66. The van der Waals surface area contributed by atoms with Gasteiger partial charge in [-0.3, -0.25) is 0 Å². The second kappa shape index (κ2) is 5.23. The van der Waals surface area contributed by atoms with Gasteiger partial charge in [-0.05, 0) is 26.8 Å². The Bertz CT molecular complexity index is 512. The predicted molar refractivity (Wildman–Crippen MR) is 67.4 cm³/mol. The fraction of sp³-hybridized carbons (Fsp3) is 0.357. The van der Waals surface area contributed by atoms with Crippen LogP contribution in [0.2, 0.25) is 0 Å². The van der Waals surface area contributed by atoms with Crippen LogP contribution in [0, 0.1) is 13.8 Å². The zero-order chi connectivity index (χ0) is 13.1. The van der Waals surface area contributed by atoms with E-state index in [0.29, 0.717) is 12.4 Å². The number of nitrogens with zero attached hydrogens (tertiary/aromatic N) is 1. The molecular weight excluding hydrogens is 230 g/mol. The lowest BCUT2D eigenvalue weighted by Gasteiger charge is -2.12. The molecule has 0 saturated carbocycles. The summed E-state index contributed by atoms with van der Waals surface area (Å²) in [7, 11) is 0. The molecular formula is C14H17NO3. The highest BCUT2D eigenvalue weighted by molar-refractivity contribution is 5.35. The third-order valence-electron chi connectivity index (χ3n) is 2.92. The van der Waals surface area contributed by atoms with Gasteiger partial charge in [0.05, 0.1) is 17.4 Å². The number of hydrogen-bond donors (Lipinski definition) is 1. The zero-order valence-corrected chi connectivity index (χ0v) is 10.8. The number of benzene rings is 1. The van der Waals surface area contributed by atoms with Crippen LogP contribution in [0.25, 0.3) is 0 Å². The van der Waals surface area contributed by atoms with Crippen molar-refractivity contribution in [3.63, 3.8) is 0 Å². The molecule has 0 amide bonds. The highest BCUT2D eigenvalue weighted by Crippen LogP contribution is 2.26. The molecule has 18 heavy (non-hydrogen) atoms. The zero-order valence-electron chi connectivity index (χ0n) is 10.8. The molecule has 0 bridgehead atoms. The van der Waals surface area contributed by atoms with Crippen LogP contribution in [0.4, 0.5) is 0 Å². The van der Waals surface area contributed by atoms with E-state index in [0.717, 1.165) is 22.6 Å². The molecule has 1 atom stereocenters. The lowest BCUT2D eigenvalue weighted by Crippen LogP contribution is -2.02. The molecule has 2 rings (SSSR count). The van der Waals surface area contributed by atoms with Crippen molar-refractivity contribution in [1.82, 2.24) is 5.16 Å². The first kappa shape index (κ1) is 12.6. The first-order valence-electron chi connectivity index (χ1n) is 5.91. The van der Waals surface area contributed by atoms with Gasteiger partial charge in [-0.1, -0.05) is 23.4 Å². The summed E-state index contributed by atoms with van der Waals surface area (Å²) in [5.74, 6) is 1.45. The van der Waals surface area contributed by atoms with Crippen LogP contribution in [0.15, 0.2) is 28.8 Å². The van der Waals surface area contributed by atoms with Crippen LogP contribution in [-0.2, 0) is 6.61 Å². The van der Waals surface area contributed by atoms with Crippen LogP contribution >= 0.6 is 0 Å². The Morgan fingerprint density at radius 2 is 2.06 bits per heavy atom. The lowest BCUT2D eigenvalue weighted by molar-refractivity contribution is 0.190. The van der Waals surface area contributed by atoms with E-state index in [9.17, 15) is 5.11 Å². The van der Waals surface area contributed by atoms with Crippen LogP contribution in [0.5, 0.6) is 5.75 Å². The maximum Gasteiger partial charge on any atom is 0.140 e. The number of ether oxygens (including phenoxy) is 1. The van der Waals surface area contributed by atoms with Gasteiger partial charge in [0.15, 0.2) is 0 Å². The summed E-state index contributed by atoms with van der Waals surface area (Å²) in [4.78, 5) is 0. The summed E-state index contributed by atoms with van der Waals surface area (Å²) in [6, 6.07) is 7.47. The molecule has 0 aliphatic rings. The quantitative estimate of drug-likeness (QED) is 0.902. The summed E-state index contributed by atoms with van der Waals surface area (Å²) >= 11 is 0. The van der Waals surface area contributed by atoms with E-state index in [1.807, 2.05) is 38.1 Å². The van der Waals surface area contributed by atoms with Gasteiger partial charge in [0, 0.05) is 5.56 Å². The maximum atomic E-state index is 9.66. The van der Waals surface area contributed by atoms with Gasteiger partial charge in [0.2, 0.25) is 0 Å². The Kier molecular flexibility index (Phi) is 3.67. The predicted octanol–water partition coefficient (Wildman–Crippen LogP) is 2.92. The van der Waals surface area contributed by atoms with Crippen molar-refractivity contribution >= 4 is 0 Å². The minimum atomic E-state index is -0.550. The number of aliphatic hydroxyl groups is 1. The van der Waals surface area contributed by atoms with Gasteiger partial charge >= 0.3 is 0 Å². The van der Waals surface area contributed by atoms with E-state index in [-0.39, 0.29) is 0 Å². The minimum absolute atomic E-state index is 0.394. The van der Waals surface area contributed by atoms with Gasteiger partial charge in [0.1, 0.15) is 18.1 Å². The molecule has 1 N–H and O–H groups in total. The number of hydrogen-bond acceptors (Lipinski definition) is 4. The van der Waals surface area contributed by atoms with E-state index in [1.54, 1.807) is 6.92 Å². The van der Waals surface area contributed by atoms with Crippen LogP contribution in [0.1, 0.15) is 35.6 Å². The van der Waals surface area contributed by atoms with Crippen LogP contribution in [-0.4, -0.2) is 10.3 Å². The Morgan fingerprint density at radius 3 is 2.67 bits per heavy atom. The molecule has 0 aliphatic heterocycles. The molecule has 0 spiro atoms. The third-order valence-corrected chi connectivity index (χ3v) is 2.92. The normalized spacial score (nSPS) is 12.4. The Morgan fingerprint density at radius 1 is 1.33 bits per heavy atom. The van der Waals surface area contributed by atoms with Gasteiger partial charge in [-0.25, -0.2) is 0 Å². The van der Waals surface area contributed by atoms with Gasteiger partial charge in [-0.15, -0.1) is 0 Å². The second-order valence-electron chi connectivity index (χ2n) is 4.31. The summed E-state index contributed by atoms with van der Waals surface area (Å²) in [5.41, 5.74) is 2.57. The van der Waals surface area contributed by atoms with Gasteiger partial charge < -0.3 is 14.4 Å². The number of aromatic nitrogens is 1. The summed E-state index contributed by atoms with van der Waals surface area (Å²) in [6.07, 6.45) is -0.550. The van der Waals surface area contributed by atoms with E-state index in [2.05, 4.69) is 5.16 Å². The fourth-order valence-electron chi connectivity index (χ4n) is 1.81. The van der Waals surface area contributed by atoms with Crippen LogP contribution < -0.4 is 4.74 Å². The van der Waals surface area contributed by atoms with Crippen molar-refractivity contribution < 1.29 is 14.4 Å². The van der Waals surface area contributed by atoms with Crippen molar-refractivity contribution in [3.05, 3.63) is 46.8 Å². The summed E-state index contributed by atoms with van der Waals surface area (Å²) in [5, 5.41) is 13.5. The number of para-hydroxylation sites is 1. The standard InChI is InChI=1S/C14H17NO3/c1-9-13(11(3)18-15-9)8-17-14-7-5-4-6-12(14)10(2)16/h4-7,10,16H,8H2,1-3H3/t10-/m1/s1. The van der Waals surface area contributed by atoms with E-state index >= 15 is 0 Å². The average Bonchev–Trinajstić information content (AvgIpc) is 2.67. The molecule has 0 unspecified atom stereocenters. The van der Waals surface area contributed by atoms with Gasteiger partial charge in [0.25, 0.3) is 0 Å². The Labute approximate surface area is 106 Å². The summed E-state index contributed by atoms with van der Waals surface area (Å²) < 4.78 is 10.8. The molecule has 0 radical (unpaired) electrons. The molecule has 0 saturated heterocycles. The molecule has 4 heteroatoms. The summed E-state index contributed by atoms with van der Waals surface area (Å²) in [6.45, 7) is 5.86. The first-order valence-corrected chi connectivity index (χ1v) is 5.91. The molecule has 1 heterocycles. The molecule has 96 valence electrons.